The largest absolute Gasteiger partial charge is 0.385 e. The normalized spacial score (nSPS) is 29.8. The van der Waals surface area contributed by atoms with Crippen LogP contribution in [0.4, 0.5) is 0 Å². The Balaban J connectivity index is 2.14. The van der Waals surface area contributed by atoms with Crippen molar-refractivity contribution in [2.75, 3.05) is 0 Å². The lowest BCUT2D eigenvalue weighted by molar-refractivity contribution is 0.00247. The number of fused-ring (bicyclic) bond motifs is 1. The van der Waals surface area contributed by atoms with Gasteiger partial charge >= 0.3 is 0 Å². The summed E-state index contributed by atoms with van der Waals surface area (Å²) in [4.78, 5) is 0. The maximum atomic E-state index is 10.8. The Bertz CT molecular complexity index is 522. The monoisotopic (exact) mass is 225 g/mol. The summed E-state index contributed by atoms with van der Waals surface area (Å²) in [6.07, 6.45) is 5.43. The minimum Gasteiger partial charge on any atom is -0.385 e. The van der Waals surface area contributed by atoms with Crippen LogP contribution in [0, 0.1) is 17.2 Å². The summed E-state index contributed by atoms with van der Waals surface area (Å²) in [7, 11) is 0. The van der Waals surface area contributed by atoms with E-state index >= 15 is 0 Å². The van der Waals surface area contributed by atoms with Crippen LogP contribution in [0.3, 0.4) is 0 Å². The van der Waals surface area contributed by atoms with Gasteiger partial charge in [-0.3, -0.25) is 0 Å². The maximum absolute atomic E-state index is 10.8. The van der Waals surface area contributed by atoms with Crippen molar-refractivity contribution in [2.24, 2.45) is 5.92 Å². The van der Waals surface area contributed by atoms with Gasteiger partial charge in [0.15, 0.2) is 0 Å². The van der Waals surface area contributed by atoms with Gasteiger partial charge in [-0.1, -0.05) is 24.3 Å². The fraction of sp³-hybridized carbons (Fsp3) is 0.400. The topological polar surface area (TPSA) is 44.0 Å². The van der Waals surface area contributed by atoms with Crippen molar-refractivity contribution in [3.05, 3.63) is 41.5 Å². The molecular weight excluding hydrogens is 210 g/mol. The van der Waals surface area contributed by atoms with Crippen molar-refractivity contribution in [3.8, 4) is 6.07 Å². The second-order valence-electron chi connectivity index (χ2n) is 5.04. The molecule has 0 saturated heterocycles. The summed E-state index contributed by atoms with van der Waals surface area (Å²) in [5.74, 6) is 0.423. The summed E-state index contributed by atoms with van der Waals surface area (Å²) in [6, 6.07) is 10.1. The van der Waals surface area contributed by atoms with Crippen LogP contribution in [0.25, 0.3) is 5.57 Å². The lowest BCUT2D eigenvalue weighted by Crippen LogP contribution is -2.32. The SMILES string of the molecule is N#C/C=C1\CCC(O)(C2CC2)c2ccccc21. The lowest BCUT2D eigenvalue weighted by Gasteiger charge is -2.35. The molecule has 3 rings (SSSR count). The number of aliphatic hydroxyl groups is 1. The van der Waals surface area contributed by atoms with Gasteiger partial charge in [-0.2, -0.15) is 5.26 Å². The minimum atomic E-state index is -0.649. The van der Waals surface area contributed by atoms with Crippen LogP contribution in [0.5, 0.6) is 0 Å². The highest BCUT2D eigenvalue weighted by Gasteiger charge is 2.47. The molecule has 1 aromatic carbocycles. The van der Waals surface area contributed by atoms with Crippen LogP contribution in [0.1, 0.15) is 36.8 Å². The smallest absolute Gasteiger partial charge is 0.0933 e. The third-order valence-electron chi connectivity index (χ3n) is 4.01. The van der Waals surface area contributed by atoms with Crippen molar-refractivity contribution in [3.63, 3.8) is 0 Å². The van der Waals surface area contributed by atoms with Crippen LogP contribution in [0.15, 0.2) is 30.3 Å². The first-order chi connectivity index (χ1) is 8.25. The van der Waals surface area contributed by atoms with Crippen molar-refractivity contribution in [1.82, 2.24) is 0 Å². The number of nitrogens with zero attached hydrogens (tertiary/aromatic N) is 1. The van der Waals surface area contributed by atoms with Gasteiger partial charge in [-0.15, -0.1) is 0 Å². The molecule has 1 saturated carbocycles. The van der Waals surface area contributed by atoms with Crippen molar-refractivity contribution >= 4 is 5.57 Å². The number of nitriles is 1. The molecule has 86 valence electrons. The van der Waals surface area contributed by atoms with E-state index in [1.54, 1.807) is 6.08 Å². The highest BCUT2D eigenvalue weighted by Crippen LogP contribution is 2.53. The Morgan fingerprint density at radius 3 is 2.82 bits per heavy atom. The van der Waals surface area contributed by atoms with Gasteiger partial charge in [-0.25, -0.2) is 0 Å². The maximum Gasteiger partial charge on any atom is 0.0933 e. The van der Waals surface area contributed by atoms with Crippen LogP contribution in [0.2, 0.25) is 0 Å². The number of hydrogen-bond acceptors (Lipinski definition) is 2. The summed E-state index contributed by atoms with van der Waals surface area (Å²) >= 11 is 0. The first-order valence-corrected chi connectivity index (χ1v) is 6.16. The van der Waals surface area contributed by atoms with Crippen molar-refractivity contribution in [2.45, 2.75) is 31.3 Å². The fourth-order valence-corrected chi connectivity index (χ4v) is 2.95. The Labute approximate surface area is 101 Å². The molecule has 1 unspecified atom stereocenters. The van der Waals surface area contributed by atoms with E-state index in [0.29, 0.717) is 5.92 Å². The number of rotatable bonds is 1. The van der Waals surface area contributed by atoms with Gasteiger partial charge in [0, 0.05) is 6.08 Å². The van der Waals surface area contributed by atoms with E-state index in [4.69, 9.17) is 5.26 Å². The van der Waals surface area contributed by atoms with Gasteiger partial charge in [0.05, 0.1) is 11.7 Å². The van der Waals surface area contributed by atoms with E-state index in [9.17, 15) is 5.11 Å². The van der Waals surface area contributed by atoms with E-state index in [0.717, 1.165) is 42.4 Å². The molecule has 1 aromatic rings. The Morgan fingerprint density at radius 1 is 1.35 bits per heavy atom. The van der Waals surface area contributed by atoms with E-state index in [1.165, 1.54) is 0 Å². The second kappa shape index (κ2) is 3.72. The summed E-state index contributed by atoms with van der Waals surface area (Å²) < 4.78 is 0. The summed E-state index contributed by atoms with van der Waals surface area (Å²) in [5, 5.41) is 19.6. The van der Waals surface area contributed by atoms with Crippen LogP contribution >= 0.6 is 0 Å². The van der Waals surface area contributed by atoms with Crippen LogP contribution < -0.4 is 0 Å². The Morgan fingerprint density at radius 2 is 2.12 bits per heavy atom. The van der Waals surface area contributed by atoms with Crippen LogP contribution in [-0.2, 0) is 5.60 Å². The zero-order valence-electron chi connectivity index (χ0n) is 9.69. The molecule has 17 heavy (non-hydrogen) atoms. The zero-order chi connectivity index (χ0) is 11.9. The predicted octanol–water partition coefficient (Wildman–Crippen LogP) is 2.98. The molecule has 2 aliphatic rings. The molecule has 2 aliphatic carbocycles. The average Bonchev–Trinajstić information content (AvgIpc) is 3.18. The molecular formula is C15H15NO. The molecule has 0 aliphatic heterocycles. The number of allylic oxidation sites excluding steroid dienone is 2. The van der Waals surface area contributed by atoms with Gasteiger partial charge < -0.3 is 5.11 Å². The molecule has 0 radical (unpaired) electrons. The zero-order valence-corrected chi connectivity index (χ0v) is 9.69. The van der Waals surface area contributed by atoms with Crippen molar-refractivity contribution < 1.29 is 5.11 Å². The third kappa shape index (κ3) is 1.59. The van der Waals surface area contributed by atoms with E-state index in [-0.39, 0.29) is 0 Å². The molecule has 1 atom stereocenters. The fourth-order valence-electron chi connectivity index (χ4n) is 2.95. The van der Waals surface area contributed by atoms with Crippen molar-refractivity contribution in [1.29, 1.82) is 5.26 Å². The Hall–Kier alpha value is -1.59. The molecule has 0 heterocycles. The van der Waals surface area contributed by atoms with Gasteiger partial charge in [0.2, 0.25) is 0 Å². The van der Waals surface area contributed by atoms with E-state index in [1.807, 2.05) is 24.3 Å². The average molecular weight is 225 g/mol. The molecule has 1 N–H and O–H groups in total. The summed E-state index contributed by atoms with van der Waals surface area (Å²) in [6.45, 7) is 0. The molecule has 0 bridgehead atoms. The van der Waals surface area contributed by atoms with E-state index < -0.39 is 5.60 Å². The molecule has 2 nitrogen and oxygen atoms in total. The number of benzene rings is 1. The van der Waals surface area contributed by atoms with Gasteiger partial charge in [0.1, 0.15) is 0 Å². The van der Waals surface area contributed by atoms with Gasteiger partial charge in [0.25, 0.3) is 0 Å². The molecule has 1 fully saturated rings. The van der Waals surface area contributed by atoms with E-state index in [2.05, 4.69) is 6.07 Å². The number of hydrogen-bond donors (Lipinski definition) is 1. The van der Waals surface area contributed by atoms with Gasteiger partial charge in [-0.05, 0) is 48.3 Å². The lowest BCUT2D eigenvalue weighted by atomic mass is 9.74. The Kier molecular flexibility index (Phi) is 2.31. The first-order valence-electron chi connectivity index (χ1n) is 6.16. The predicted molar refractivity (Wildman–Crippen MR) is 65.9 cm³/mol. The third-order valence-corrected chi connectivity index (χ3v) is 4.01. The van der Waals surface area contributed by atoms with Crippen LogP contribution in [-0.4, -0.2) is 5.11 Å². The highest BCUT2D eigenvalue weighted by atomic mass is 16.3. The summed E-state index contributed by atoms with van der Waals surface area (Å²) in [5.41, 5.74) is 2.50. The molecule has 2 heteroatoms. The first kappa shape index (κ1) is 10.6. The molecule has 0 aromatic heterocycles. The molecule has 0 spiro atoms. The quantitative estimate of drug-likeness (QED) is 0.747. The standard InChI is InChI=1S/C15H15NO/c16-10-8-11-7-9-15(17,12-5-6-12)14-4-2-1-3-13(11)14/h1-4,8,12,17H,5-7,9H2/b11-8+. The highest BCUT2D eigenvalue weighted by molar-refractivity contribution is 5.73. The molecule has 0 amide bonds. The second-order valence-corrected chi connectivity index (χ2v) is 5.04. The minimum absolute atomic E-state index is 0.423.